The second-order valence-corrected chi connectivity index (χ2v) is 30.7. The van der Waals surface area contributed by atoms with E-state index < -0.39 is 85.8 Å². The fourth-order valence-electron chi connectivity index (χ4n) is 12.3. The highest BCUT2D eigenvalue weighted by Crippen LogP contribution is 2.38. The molecule has 452 valence electrons. The number of Topliss-reactive ketones (excluding diaryl/α,β-unsaturated/α-hetero) is 3. The van der Waals surface area contributed by atoms with Crippen LogP contribution in [0.3, 0.4) is 0 Å². The lowest BCUT2D eigenvalue weighted by molar-refractivity contribution is -0.265. The molecule has 80 heavy (non-hydrogen) atoms. The molecule has 4 fully saturated rings. The quantitative estimate of drug-likeness (QED) is 0.0553. The molecule has 4 heterocycles. The van der Waals surface area contributed by atoms with E-state index in [0.29, 0.717) is 89.5 Å². The van der Waals surface area contributed by atoms with Crippen LogP contribution in [0.2, 0.25) is 19.6 Å². The van der Waals surface area contributed by atoms with Crippen molar-refractivity contribution < 1.29 is 72.1 Å². The van der Waals surface area contributed by atoms with Gasteiger partial charge in [0.25, 0.3) is 11.7 Å². The van der Waals surface area contributed by atoms with E-state index in [4.69, 9.17) is 33.2 Å². The topological polar surface area (TPSA) is 214 Å². The number of piperidine rings is 1. The summed E-state index contributed by atoms with van der Waals surface area (Å²) in [7, 11) is 3.26. The highest BCUT2D eigenvalue weighted by molar-refractivity contribution is 6.76. The van der Waals surface area contributed by atoms with Gasteiger partial charge in [-0.3, -0.25) is 24.0 Å². The Labute approximate surface area is 478 Å². The summed E-state index contributed by atoms with van der Waals surface area (Å²) < 4.78 is 42.7. The Hall–Kier alpha value is -3.72. The normalized spacial score (nSPS) is 37.3. The average Bonchev–Trinajstić information content (AvgIpc) is 3.79. The average molecular weight is 1140 g/mol. The van der Waals surface area contributed by atoms with Gasteiger partial charge in [0.05, 0.1) is 51.7 Å². The highest BCUT2D eigenvalue weighted by atomic mass is 28.3. The van der Waals surface area contributed by atoms with Gasteiger partial charge in [-0.2, -0.15) is 0 Å². The van der Waals surface area contributed by atoms with Crippen molar-refractivity contribution in [2.24, 2.45) is 35.5 Å². The van der Waals surface area contributed by atoms with Crippen molar-refractivity contribution in [1.29, 1.82) is 0 Å². The number of fused-ring (bicyclic) bond motifs is 3. The number of amides is 2. The lowest BCUT2D eigenvalue weighted by atomic mass is 9.78. The van der Waals surface area contributed by atoms with Crippen molar-refractivity contribution in [3.8, 4) is 0 Å². The maximum Gasteiger partial charge on any atom is 0.329 e. The number of ketones is 3. The molecular formula is C62H100N2O15Si. The van der Waals surface area contributed by atoms with Gasteiger partial charge in [-0.25, -0.2) is 4.79 Å². The molecule has 3 saturated heterocycles. The Morgan fingerprint density at radius 1 is 0.838 bits per heavy atom. The van der Waals surface area contributed by atoms with E-state index in [9.17, 15) is 39.0 Å². The van der Waals surface area contributed by atoms with Crippen molar-refractivity contribution in [2.45, 2.75) is 219 Å². The van der Waals surface area contributed by atoms with Crippen molar-refractivity contribution in [2.75, 3.05) is 53.9 Å². The molecule has 2 bridgehead atoms. The highest BCUT2D eigenvalue weighted by Gasteiger charge is 2.53. The van der Waals surface area contributed by atoms with Crippen molar-refractivity contribution >= 4 is 43.2 Å². The van der Waals surface area contributed by atoms with Crippen LogP contribution >= 0.6 is 0 Å². The summed E-state index contributed by atoms with van der Waals surface area (Å²) in [4.78, 5) is 87.8. The molecule has 2 N–H and O–H groups in total. The third-order valence-electron chi connectivity index (χ3n) is 17.4. The maximum atomic E-state index is 14.7. The van der Waals surface area contributed by atoms with Crippen LogP contribution in [-0.2, 0) is 61.9 Å². The predicted molar refractivity (Wildman–Crippen MR) is 308 cm³/mol. The molecule has 0 unspecified atom stereocenters. The number of carbonyl (C=O) groups is 6. The molecule has 5 aliphatic rings. The number of ether oxygens (including phenoxy) is 7. The number of aliphatic hydroxyl groups excluding tert-OH is 1. The lowest BCUT2D eigenvalue weighted by Crippen LogP contribution is -2.61. The Bertz CT molecular complexity index is 2210. The number of allylic oxidation sites excluding steroid dienone is 6. The van der Waals surface area contributed by atoms with E-state index in [1.165, 1.54) is 12.0 Å². The number of hydrogen-bond donors (Lipinski definition) is 2. The summed E-state index contributed by atoms with van der Waals surface area (Å²) in [5.41, 5.74) is 1.26. The number of esters is 1. The van der Waals surface area contributed by atoms with Gasteiger partial charge in [0.2, 0.25) is 11.7 Å². The van der Waals surface area contributed by atoms with E-state index in [1.807, 2.05) is 63.0 Å². The van der Waals surface area contributed by atoms with Crippen molar-refractivity contribution in [3.63, 3.8) is 0 Å². The fraction of sp³-hybridized carbons (Fsp3) is 0.774. The second-order valence-electron chi connectivity index (χ2n) is 25.3. The zero-order chi connectivity index (χ0) is 59.1. The zero-order valence-corrected chi connectivity index (χ0v) is 51.7. The van der Waals surface area contributed by atoms with Gasteiger partial charge >= 0.3 is 5.97 Å². The van der Waals surface area contributed by atoms with Crippen LogP contribution in [-0.4, -0.2) is 178 Å². The molecule has 1 aliphatic carbocycles. The first-order valence-corrected chi connectivity index (χ1v) is 33.5. The van der Waals surface area contributed by atoms with E-state index in [2.05, 4.69) is 19.6 Å². The molecule has 2 amide bonds. The minimum Gasteiger partial charge on any atom is -0.460 e. The van der Waals surface area contributed by atoms with Crippen LogP contribution in [0.1, 0.15) is 138 Å². The van der Waals surface area contributed by atoms with Crippen molar-refractivity contribution in [1.82, 2.24) is 9.80 Å². The molecule has 16 atom stereocenters. The smallest absolute Gasteiger partial charge is 0.329 e. The van der Waals surface area contributed by atoms with Gasteiger partial charge in [-0.15, -0.1) is 0 Å². The fourth-order valence-corrected chi connectivity index (χ4v) is 13.1. The third-order valence-corrected chi connectivity index (χ3v) is 18.5. The molecular weight excluding hydrogens is 1040 g/mol. The minimum atomic E-state index is -2.45. The van der Waals surface area contributed by atoms with Crippen LogP contribution < -0.4 is 0 Å². The third kappa shape index (κ3) is 18.6. The zero-order valence-electron chi connectivity index (χ0n) is 50.7. The number of aliphatic hydroxyl groups is 2. The van der Waals surface area contributed by atoms with Gasteiger partial charge in [-0.1, -0.05) is 90.7 Å². The Balaban J connectivity index is 1.39. The molecule has 5 rings (SSSR count). The largest absolute Gasteiger partial charge is 0.460 e. The number of nitrogens with zero attached hydrogens (tertiary/aromatic N) is 2. The van der Waals surface area contributed by atoms with Gasteiger partial charge in [-0.05, 0) is 113 Å². The summed E-state index contributed by atoms with van der Waals surface area (Å²) in [6.45, 7) is 21.0. The summed E-state index contributed by atoms with van der Waals surface area (Å²) in [5, 5.41) is 23.7. The van der Waals surface area contributed by atoms with Gasteiger partial charge < -0.3 is 53.2 Å². The molecule has 17 nitrogen and oxygen atoms in total. The van der Waals surface area contributed by atoms with Crippen LogP contribution in [0, 0.1) is 35.5 Å². The standard InChI is InChI=1S/C62H100N2O15Si/c1-39-19-15-14-16-20-40(2)52(73-8)35-48-25-22-45(7)62(72,79-48)59(69)60(70)64-28-18-17-21-49(64)61(71)78-53(36-50(65)41(3)32-44(6)57(68)58(75-10)56(67)43(5)31-39)42(4)33-46-23-26-51(54(34-46)74-9)77-37-47-24-27-55(66)63(47)29-30-76-38-80(11,12)13/h14-16,19-20,32,39,41-43,45-49,51-54,57-58,68,72H,17-18,21-31,33-38H2,1-13H3/b16-14+,19-15+,40-20+,44-32+/t39-,41-,42-,43-,45-,46+,47+,48+,49+,51-,52+,53+,54-,57-,58+,62-/m1/s1. The van der Waals surface area contributed by atoms with Crippen LogP contribution in [0.4, 0.5) is 0 Å². The summed E-state index contributed by atoms with van der Waals surface area (Å²) in [5.74, 6) is -7.97. The van der Waals surface area contributed by atoms with E-state index in [0.717, 1.165) is 24.6 Å². The Kier molecular flexibility index (Phi) is 26.2. The lowest BCUT2D eigenvalue weighted by Gasteiger charge is -2.42. The van der Waals surface area contributed by atoms with Crippen LogP contribution in [0.5, 0.6) is 0 Å². The van der Waals surface area contributed by atoms with Gasteiger partial charge in [0.1, 0.15) is 30.1 Å². The number of methoxy groups -OCH3 is 3. The van der Waals surface area contributed by atoms with Gasteiger partial charge in [0, 0.05) is 77.7 Å². The summed E-state index contributed by atoms with van der Waals surface area (Å²) in [6, 6.07) is -1.20. The van der Waals surface area contributed by atoms with Crippen LogP contribution in [0.15, 0.2) is 47.6 Å². The van der Waals surface area contributed by atoms with Crippen molar-refractivity contribution in [3.05, 3.63) is 47.6 Å². The van der Waals surface area contributed by atoms with Gasteiger partial charge in [0.15, 0.2) is 5.78 Å². The Morgan fingerprint density at radius 3 is 2.26 bits per heavy atom. The first-order valence-electron chi connectivity index (χ1n) is 29.8. The molecule has 0 aromatic rings. The number of likely N-dealkylation sites (tertiary alicyclic amines) is 1. The second kappa shape index (κ2) is 31.3. The predicted octanol–water partition coefficient (Wildman–Crippen LogP) is 8.09. The molecule has 0 radical (unpaired) electrons. The molecule has 0 aromatic carbocycles. The Morgan fingerprint density at radius 2 is 1.57 bits per heavy atom. The molecule has 0 aromatic heterocycles. The number of rotatable bonds is 14. The SMILES string of the molecule is CO[C@H]1C[C@@H]2CC[C@@H](C)[C@@](O)(O2)C(=O)C(=O)N2CCCC[C@H]2C(=O)O[C@H]([C@H](C)C[C@@H]2CC[C@@H](OC[C@@H]3CCC(=O)N3CCOC[Si](C)(C)C)[C@H](OC)C2)CC(=O)[C@H](C)/C=C(\C)[C@@H](O)[C@@H](OC)C(=O)[C@H](C)C[C@H](C)/C=C/C=C/C=C/1C. The van der Waals surface area contributed by atoms with E-state index in [-0.39, 0.29) is 72.9 Å². The summed E-state index contributed by atoms with van der Waals surface area (Å²) >= 11 is 0. The number of cyclic esters (lactones) is 1. The molecule has 0 spiro atoms. The van der Waals surface area contributed by atoms with E-state index >= 15 is 0 Å². The van der Waals surface area contributed by atoms with E-state index in [1.54, 1.807) is 41.1 Å². The molecule has 4 aliphatic heterocycles. The number of carbonyl (C=O) groups excluding carboxylic acids is 6. The molecule has 1 saturated carbocycles. The minimum absolute atomic E-state index is 0.00732. The molecule has 18 heteroatoms. The van der Waals surface area contributed by atoms with Crippen LogP contribution in [0.25, 0.3) is 0 Å². The number of hydrogen-bond acceptors (Lipinski definition) is 15. The monoisotopic (exact) mass is 1140 g/mol. The maximum absolute atomic E-state index is 14.7. The summed E-state index contributed by atoms with van der Waals surface area (Å²) in [6.07, 6.45) is 13.8. The first-order chi connectivity index (χ1) is 37.8. The first kappa shape index (κ1) is 67.1.